The van der Waals surface area contributed by atoms with Gasteiger partial charge in [0, 0.05) is 5.69 Å². The second-order valence-corrected chi connectivity index (χ2v) is 8.04. The van der Waals surface area contributed by atoms with E-state index < -0.39 is 0 Å². The Hall–Kier alpha value is -1.38. The van der Waals surface area contributed by atoms with Crippen LogP contribution in [0.4, 0.5) is 0 Å². The molecule has 1 aliphatic rings. The van der Waals surface area contributed by atoms with E-state index in [9.17, 15) is 4.79 Å². The summed E-state index contributed by atoms with van der Waals surface area (Å²) in [5.74, 6) is 1.40. The normalized spacial score (nSPS) is 20.1. The van der Waals surface area contributed by atoms with Gasteiger partial charge in [0.15, 0.2) is 0 Å². The van der Waals surface area contributed by atoms with Crippen LogP contribution < -0.4 is 4.74 Å². The summed E-state index contributed by atoms with van der Waals surface area (Å²) in [6.07, 6.45) is 18.4. The summed E-state index contributed by atoms with van der Waals surface area (Å²) >= 11 is 0. The molecule has 0 aliphatic heterocycles. The van der Waals surface area contributed by atoms with Crippen LogP contribution in [0.15, 0.2) is 18.3 Å². The fourth-order valence-electron chi connectivity index (χ4n) is 3.97. The molecule has 1 saturated carbocycles. The summed E-state index contributed by atoms with van der Waals surface area (Å²) in [4.78, 5) is 16.5. The molecule has 0 bridgehead atoms. The Bertz CT molecular complexity index is 503. The van der Waals surface area contributed by atoms with Gasteiger partial charge in [0.1, 0.15) is 5.75 Å². The van der Waals surface area contributed by atoms with Gasteiger partial charge in [-0.25, -0.2) is 0 Å². The van der Waals surface area contributed by atoms with E-state index in [0.717, 1.165) is 24.5 Å². The number of hydrogen-bond acceptors (Lipinski definition) is 3. The average Bonchev–Trinajstić information content (AvgIpc) is 2.66. The van der Waals surface area contributed by atoms with Crippen molar-refractivity contribution in [2.75, 3.05) is 0 Å². The van der Waals surface area contributed by atoms with Crippen LogP contribution in [0, 0.1) is 18.8 Å². The third kappa shape index (κ3) is 7.88. The van der Waals surface area contributed by atoms with Crippen molar-refractivity contribution in [3.8, 4) is 5.75 Å². The van der Waals surface area contributed by atoms with Gasteiger partial charge in [-0.3, -0.25) is 9.78 Å². The zero-order valence-electron chi connectivity index (χ0n) is 16.8. The number of ether oxygens (including phenoxy) is 1. The molecule has 1 aromatic rings. The lowest BCUT2D eigenvalue weighted by molar-refractivity contribution is -0.140. The second kappa shape index (κ2) is 12.1. The molecule has 0 amide bonds. The predicted octanol–water partition coefficient (Wildman–Crippen LogP) is 6.63. The molecule has 1 heterocycles. The summed E-state index contributed by atoms with van der Waals surface area (Å²) in [7, 11) is 0. The Morgan fingerprint density at radius 1 is 1.00 bits per heavy atom. The van der Waals surface area contributed by atoms with Crippen molar-refractivity contribution in [1.29, 1.82) is 0 Å². The summed E-state index contributed by atoms with van der Waals surface area (Å²) < 4.78 is 5.50. The van der Waals surface area contributed by atoms with Crippen molar-refractivity contribution in [3.63, 3.8) is 0 Å². The van der Waals surface area contributed by atoms with E-state index in [1.165, 1.54) is 70.6 Å². The second-order valence-electron chi connectivity index (χ2n) is 8.04. The first-order valence-corrected chi connectivity index (χ1v) is 10.8. The largest absolute Gasteiger partial charge is 0.425 e. The molecule has 3 heteroatoms. The van der Waals surface area contributed by atoms with Crippen LogP contribution in [0.3, 0.4) is 0 Å². The first-order valence-electron chi connectivity index (χ1n) is 10.8. The number of aromatic nitrogens is 1. The summed E-state index contributed by atoms with van der Waals surface area (Å²) in [6, 6.07) is 3.71. The first-order chi connectivity index (χ1) is 12.7. The molecular weight excluding hydrogens is 322 g/mol. The van der Waals surface area contributed by atoms with Crippen molar-refractivity contribution in [2.45, 2.75) is 97.3 Å². The van der Waals surface area contributed by atoms with Crippen LogP contribution in [-0.2, 0) is 4.79 Å². The number of pyridine rings is 1. The molecule has 3 nitrogen and oxygen atoms in total. The van der Waals surface area contributed by atoms with E-state index in [-0.39, 0.29) is 11.9 Å². The maximum atomic E-state index is 12.3. The zero-order valence-corrected chi connectivity index (χ0v) is 16.8. The Labute approximate surface area is 159 Å². The van der Waals surface area contributed by atoms with Gasteiger partial charge >= 0.3 is 5.97 Å². The van der Waals surface area contributed by atoms with Gasteiger partial charge in [-0.05, 0) is 50.7 Å². The highest BCUT2D eigenvalue weighted by atomic mass is 16.5. The van der Waals surface area contributed by atoms with Crippen molar-refractivity contribution in [3.05, 3.63) is 24.0 Å². The molecule has 1 aromatic heterocycles. The van der Waals surface area contributed by atoms with Crippen molar-refractivity contribution < 1.29 is 9.53 Å². The van der Waals surface area contributed by atoms with Crippen LogP contribution >= 0.6 is 0 Å². The van der Waals surface area contributed by atoms with Crippen molar-refractivity contribution in [2.24, 2.45) is 11.8 Å². The van der Waals surface area contributed by atoms with Gasteiger partial charge in [-0.15, -0.1) is 0 Å². The van der Waals surface area contributed by atoms with Gasteiger partial charge in [0.05, 0.1) is 12.1 Å². The predicted molar refractivity (Wildman–Crippen MR) is 107 cm³/mol. The molecule has 0 spiro atoms. The molecule has 0 radical (unpaired) electrons. The van der Waals surface area contributed by atoms with Gasteiger partial charge < -0.3 is 4.74 Å². The molecule has 1 fully saturated rings. The molecule has 1 aliphatic carbocycles. The molecule has 0 atom stereocenters. The summed E-state index contributed by atoms with van der Waals surface area (Å²) in [5.41, 5.74) is 0.936. The number of nitrogens with zero attached hydrogens (tertiary/aromatic N) is 1. The maximum Gasteiger partial charge on any atom is 0.314 e. The van der Waals surface area contributed by atoms with Crippen molar-refractivity contribution in [1.82, 2.24) is 4.98 Å². The van der Waals surface area contributed by atoms with E-state index >= 15 is 0 Å². The third-order valence-corrected chi connectivity index (χ3v) is 5.75. The Balaban J connectivity index is 1.54. The number of hydrogen-bond donors (Lipinski definition) is 0. The molecule has 26 heavy (non-hydrogen) atoms. The van der Waals surface area contributed by atoms with E-state index in [2.05, 4.69) is 11.9 Å². The van der Waals surface area contributed by atoms with E-state index in [1.54, 1.807) is 6.20 Å². The lowest BCUT2D eigenvalue weighted by atomic mass is 9.80. The Morgan fingerprint density at radius 3 is 2.27 bits per heavy atom. The lowest BCUT2D eigenvalue weighted by Gasteiger charge is -2.27. The number of unbranched alkanes of at least 4 members (excludes halogenated alkanes) is 7. The smallest absolute Gasteiger partial charge is 0.314 e. The minimum Gasteiger partial charge on any atom is -0.425 e. The van der Waals surface area contributed by atoms with E-state index in [1.807, 2.05) is 19.1 Å². The molecule has 0 saturated heterocycles. The zero-order chi connectivity index (χ0) is 18.6. The van der Waals surface area contributed by atoms with Crippen LogP contribution in [0.5, 0.6) is 5.75 Å². The monoisotopic (exact) mass is 359 g/mol. The number of aryl methyl sites for hydroxylation is 1. The maximum absolute atomic E-state index is 12.3. The SMILES string of the molecule is CCCCCCCCCCC1CCC(C(=O)Oc2ccc(C)nc2)CC1. The van der Waals surface area contributed by atoms with Gasteiger partial charge in [-0.1, -0.05) is 64.7 Å². The number of carbonyl (C=O) groups excluding carboxylic acids is 1. The minimum atomic E-state index is -0.0683. The minimum absolute atomic E-state index is 0.0683. The van der Waals surface area contributed by atoms with Gasteiger partial charge in [-0.2, -0.15) is 0 Å². The lowest BCUT2D eigenvalue weighted by Crippen LogP contribution is -2.25. The van der Waals surface area contributed by atoms with Gasteiger partial charge in [0.2, 0.25) is 0 Å². The first kappa shape index (κ1) is 20.9. The molecule has 0 unspecified atom stereocenters. The molecule has 2 rings (SSSR count). The summed E-state index contributed by atoms with van der Waals surface area (Å²) in [5, 5.41) is 0. The molecule has 0 aromatic carbocycles. The van der Waals surface area contributed by atoms with E-state index in [4.69, 9.17) is 4.74 Å². The fourth-order valence-corrected chi connectivity index (χ4v) is 3.97. The van der Waals surface area contributed by atoms with Crippen molar-refractivity contribution >= 4 is 5.97 Å². The average molecular weight is 360 g/mol. The number of carbonyl (C=O) groups is 1. The highest BCUT2D eigenvalue weighted by Gasteiger charge is 2.27. The molecular formula is C23H37NO2. The highest BCUT2D eigenvalue weighted by Crippen LogP contribution is 2.33. The number of esters is 1. The Morgan fingerprint density at radius 2 is 1.65 bits per heavy atom. The van der Waals surface area contributed by atoms with Crippen LogP contribution in [-0.4, -0.2) is 11.0 Å². The van der Waals surface area contributed by atoms with Crippen LogP contribution in [0.2, 0.25) is 0 Å². The van der Waals surface area contributed by atoms with Gasteiger partial charge in [0.25, 0.3) is 0 Å². The van der Waals surface area contributed by atoms with E-state index in [0.29, 0.717) is 5.75 Å². The van der Waals surface area contributed by atoms with Crippen LogP contribution in [0.1, 0.15) is 96.1 Å². The van der Waals surface area contributed by atoms with Crippen LogP contribution in [0.25, 0.3) is 0 Å². The standard InChI is InChI=1S/C23H37NO2/c1-3-4-5-6-7-8-9-10-11-20-13-15-21(16-14-20)23(25)26-22-17-12-19(2)24-18-22/h12,17-18,20-21H,3-11,13-16H2,1-2H3. The quantitative estimate of drug-likeness (QED) is 0.329. The Kier molecular flexibility index (Phi) is 9.73. The number of rotatable bonds is 11. The third-order valence-electron chi connectivity index (χ3n) is 5.75. The summed E-state index contributed by atoms with van der Waals surface area (Å²) in [6.45, 7) is 4.20. The topological polar surface area (TPSA) is 39.2 Å². The molecule has 0 N–H and O–H groups in total. The fraction of sp³-hybridized carbons (Fsp3) is 0.739. The molecule has 146 valence electrons. The highest BCUT2D eigenvalue weighted by molar-refractivity contribution is 5.75.